The lowest BCUT2D eigenvalue weighted by molar-refractivity contribution is -0.151. The maximum Gasteiger partial charge on any atom is 0.507 e. The quantitative estimate of drug-likeness (QED) is 0.258. The molecule has 1 saturated heterocycles. The van der Waals surface area contributed by atoms with Gasteiger partial charge in [0.15, 0.2) is 12.2 Å². The van der Waals surface area contributed by atoms with Gasteiger partial charge in [-0.3, -0.25) is 9.78 Å². The van der Waals surface area contributed by atoms with Crippen molar-refractivity contribution in [2.45, 2.75) is 49.8 Å². The zero-order valence-electron chi connectivity index (χ0n) is 21.3. The molecule has 3 N–H and O–H groups in total. The van der Waals surface area contributed by atoms with Crippen LogP contribution in [0.1, 0.15) is 32.6 Å². The van der Waals surface area contributed by atoms with Crippen LogP contribution >= 0.6 is 0 Å². The first kappa shape index (κ1) is 27.3. The van der Waals surface area contributed by atoms with E-state index in [2.05, 4.69) is 20.3 Å². The number of piperidine rings is 1. The number of nitrogens with zero attached hydrogens (tertiary/aromatic N) is 4. The third kappa shape index (κ3) is 6.05. The van der Waals surface area contributed by atoms with Crippen LogP contribution in [0.4, 0.5) is 10.7 Å². The Bertz CT molecular complexity index is 1360. The number of likely N-dealkylation sites (tertiary alicyclic amines) is 1. The summed E-state index contributed by atoms with van der Waals surface area (Å²) in [5.41, 5.74) is 0.311. The number of hydrogen-bond acceptors (Lipinski definition) is 8. The number of nitrogens with one attached hydrogen (secondary N) is 2. The summed E-state index contributed by atoms with van der Waals surface area (Å²) in [5, 5.41) is 13.0. The van der Waals surface area contributed by atoms with E-state index >= 15 is 0 Å². The molecule has 3 heterocycles. The molecule has 3 atom stereocenters. The third-order valence-corrected chi connectivity index (χ3v) is 8.65. The number of aromatic amines is 1. The van der Waals surface area contributed by atoms with E-state index in [-0.39, 0.29) is 23.8 Å². The van der Waals surface area contributed by atoms with Gasteiger partial charge in [-0.25, -0.2) is 18.2 Å². The molecule has 1 aromatic carbocycles. The van der Waals surface area contributed by atoms with Gasteiger partial charge >= 0.3 is 6.16 Å². The van der Waals surface area contributed by atoms with Crippen LogP contribution in [0.15, 0.2) is 53.8 Å². The number of rotatable bonds is 10. The number of likely N-dealkylation sites (N-methyl/N-ethyl adjacent to an activating group) is 1. The Balaban J connectivity index is 1.63. The smallest absolute Gasteiger partial charge is 0.450 e. The van der Waals surface area contributed by atoms with Crippen LogP contribution in [-0.2, 0) is 19.6 Å². The Morgan fingerprint density at radius 1 is 1.26 bits per heavy atom. The van der Waals surface area contributed by atoms with Crippen LogP contribution in [0.5, 0.6) is 0 Å². The maximum absolute atomic E-state index is 13.9. The molecule has 13 heteroatoms. The molecule has 204 valence electrons. The standard InChI is InChI=1S/C25H32N6O6S/c1-17-10-15-31(21(16-17)37-25(33)34)23(32)19(8-5-12-27-24-28-13-14-29-24)30(2)38(35,36)20-9-3-6-18-7-4-11-26-22(18)20/h3-4,6-7,9,11,13-14,17,19,21H,5,8,10,12,15-16H2,1-2H3,(H,33,34)(H2,27,28,29)/t17?,19-,21?/m0/s1. The number of pyridine rings is 1. The topological polar surface area (TPSA) is 158 Å². The van der Waals surface area contributed by atoms with Crippen LogP contribution in [0.3, 0.4) is 0 Å². The van der Waals surface area contributed by atoms with E-state index in [1.165, 1.54) is 24.2 Å². The second kappa shape index (κ2) is 11.8. The number of H-pyrrole nitrogens is 1. The van der Waals surface area contributed by atoms with Gasteiger partial charge < -0.3 is 25.0 Å². The van der Waals surface area contributed by atoms with Gasteiger partial charge in [-0.15, -0.1) is 0 Å². The van der Waals surface area contributed by atoms with Crippen LogP contribution in [-0.4, -0.2) is 82.2 Å². The number of hydrogen-bond donors (Lipinski definition) is 3. The molecule has 1 aliphatic rings. The molecule has 2 aromatic heterocycles. The minimum Gasteiger partial charge on any atom is -0.450 e. The van der Waals surface area contributed by atoms with Gasteiger partial charge in [-0.1, -0.05) is 25.1 Å². The number of carbonyl (C=O) groups excluding carboxylic acids is 1. The van der Waals surface area contributed by atoms with Crippen LogP contribution in [0, 0.1) is 5.92 Å². The number of imidazole rings is 1. The van der Waals surface area contributed by atoms with Crippen molar-refractivity contribution in [3.63, 3.8) is 0 Å². The van der Waals surface area contributed by atoms with Gasteiger partial charge in [0.25, 0.3) is 0 Å². The summed E-state index contributed by atoms with van der Waals surface area (Å²) < 4.78 is 33.8. The molecule has 1 aliphatic heterocycles. The number of amides is 1. The SMILES string of the molecule is CC1CCN(C(=O)[C@H](CCCNc2ncc[nH]2)N(C)S(=O)(=O)c2cccc3cccnc23)C(OC(=O)O)C1. The van der Waals surface area contributed by atoms with Crippen molar-refractivity contribution in [2.24, 2.45) is 5.92 Å². The van der Waals surface area contributed by atoms with E-state index in [0.717, 1.165) is 4.31 Å². The van der Waals surface area contributed by atoms with Gasteiger partial charge in [0.05, 0.1) is 5.52 Å². The number of sulfonamides is 1. The molecule has 4 rings (SSSR count). The number of fused-ring (bicyclic) bond motifs is 1. The highest BCUT2D eigenvalue weighted by Gasteiger charge is 2.40. The Hall–Kier alpha value is -3.71. The molecular formula is C25H32N6O6S. The summed E-state index contributed by atoms with van der Waals surface area (Å²) in [6, 6.07) is 7.28. The Kier molecular flexibility index (Phi) is 8.47. The lowest BCUT2D eigenvalue weighted by atomic mass is 9.96. The Morgan fingerprint density at radius 3 is 2.79 bits per heavy atom. The summed E-state index contributed by atoms with van der Waals surface area (Å²) >= 11 is 0. The van der Waals surface area contributed by atoms with Gasteiger partial charge in [-0.2, -0.15) is 4.31 Å². The Labute approximate surface area is 221 Å². The fraction of sp³-hybridized carbons (Fsp3) is 0.440. The van der Waals surface area contributed by atoms with Crippen molar-refractivity contribution in [1.29, 1.82) is 0 Å². The highest BCUT2D eigenvalue weighted by molar-refractivity contribution is 7.89. The van der Waals surface area contributed by atoms with Gasteiger partial charge in [0.2, 0.25) is 15.9 Å². The average Bonchev–Trinajstić information content (AvgIpc) is 3.41. The Morgan fingerprint density at radius 2 is 2.05 bits per heavy atom. The van der Waals surface area contributed by atoms with Crippen LogP contribution in [0.2, 0.25) is 0 Å². The second-order valence-corrected chi connectivity index (χ2v) is 11.3. The molecule has 38 heavy (non-hydrogen) atoms. The molecule has 0 bridgehead atoms. The summed E-state index contributed by atoms with van der Waals surface area (Å²) in [4.78, 5) is 37.9. The van der Waals surface area contributed by atoms with E-state index in [0.29, 0.717) is 42.7 Å². The van der Waals surface area contributed by atoms with Gasteiger partial charge in [-0.05, 0) is 37.3 Å². The normalized spacial score (nSPS) is 18.9. The van der Waals surface area contributed by atoms with Crippen molar-refractivity contribution in [3.05, 3.63) is 48.9 Å². The predicted octanol–water partition coefficient (Wildman–Crippen LogP) is 3.12. The number of benzene rings is 1. The number of carbonyl (C=O) groups is 2. The van der Waals surface area contributed by atoms with Gasteiger partial charge in [0.1, 0.15) is 10.9 Å². The minimum absolute atomic E-state index is 0.00443. The highest BCUT2D eigenvalue weighted by atomic mass is 32.2. The predicted molar refractivity (Wildman–Crippen MR) is 140 cm³/mol. The first-order valence-electron chi connectivity index (χ1n) is 12.4. The molecule has 1 amide bonds. The van der Waals surface area contributed by atoms with E-state index in [1.54, 1.807) is 36.7 Å². The zero-order valence-corrected chi connectivity index (χ0v) is 22.1. The van der Waals surface area contributed by atoms with Gasteiger partial charge in [0, 0.05) is 50.5 Å². The van der Waals surface area contributed by atoms with Crippen molar-refractivity contribution in [2.75, 3.05) is 25.5 Å². The third-order valence-electron chi connectivity index (χ3n) is 6.76. The number of carboxylic acid groups (broad SMARTS) is 1. The fourth-order valence-electron chi connectivity index (χ4n) is 4.70. The maximum atomic E-state index is 13.9. The highest BCUT2D eigenvalue weighted by Crippen LogP contribution is 2.29. The first-order valence-corrected chi connectivity index (χ1v) is 13.9. The van der Waals surface area contributed by atoms with Crippen molar-refractivity contribution in [3.8, 4) is 0 Å². The fourth-order valence-corrected chi connectivity index (χ4v) is 6.20. The monoisotopic (exact) mass is 544 g/mol. The van der Waals surface area contributed by atoms with Crippen molar-refractivity contribution < 1.29 is 27.9 Å². The van der Waals surface area contributed by atoms with Crippen LogP contribution < -0.4 is 5.32 Å². The summed E-state index contributed by atoms with van der Waals surface area (Å²) in [7, 11) is -2.78. The largest absolute Gasteiger partial charge is 0.507 e. The average molecular weight is 545 g/mol. The van der Waals surface area contributed by atoms with Crippen molar-refractivity contribution in [1.82, 2.24) is 24.2 Å². The van der Waals surface area contributed by atoms with E-state index < -0.39 is 34.4 Å². The number of anilines is 1. The summed E-state index contributed by atoms with van der Waals surface area (Å²) in [6.07, 6.45) is 3.96. The molecule has 0 radical (unpaired) electrons. The molecule has 12 nitrogen and oxygen atoms in total. The van der Waals surface area contributed by atoms with Crippen LogP contribution in [0.25, 0.3) is 10.9 Å². The van der Waals surface area contributed by atoms with Crippen molar-refractivity contribution >= 4 is 38.9 Å². The molecule has 0 saturated carbocycles. The number of para-hydroxylation sites is 1. The van der Waals surface area contributed by atoms with E-state index in [1.807, 2.05) is 6.92 Å². The molecule has 3 aromatic rings. The summed E-state index contributed by atoms with van der Waals surface area (Å²) in [5.74, 6) is 0.221. The summed E-state index contributed by atoms with van der Waals surface area (Å²) in [6.45, 7) is 2.66. The molecular weight excluding hydrogens is 512 g/mol. The lowest BCUT2D eigenvalue weighted by Crippen LogP contribution is -2.55. The number of aromatic nitrogens is 3. The lowest BCUT2D eigenvalue weighted by Gasteiger charge is -2.40. The first-order chi connectivity index (χ1) is 18.2. The molecule has 0 aliphatic carbocycles. The zero-order chi connectivity index (χ0) is 27.3. The van der Waals surface area contributed by atoms with E-state index in [4.69, 9.17) is 4.74 Å². The second-order valence-electron chi connectivity index (χ2n) is 9.37. The molecule has 0 spiro atoms. The molecule has 2 unspecified atom stereocenters. The molecule has 1 fully saturated rings. The number of ether oxygens (including phenoxy) is 1. The van der Waals surface area contributed by atoms with E-state index in [9.17, 15) is 23.1 Å². The minimum atomic E-state index is -4.15.